The van der Waals surface area contributed by atoms with E-state index in [9.17, 15) is 4.79 Å². The van der Waals surface area contributed by atoms with Crippen LogP contribution < -0.4 is 11.1 Å². The second-order valence-electron chi connectivity index (χ2n) is 4.12. The van der Waals surface area contributed by atoms with Gasteiger partial charge in [-0.05, 0) is 23.6 Å². The maximum absolute atomic E-state index is 10.8. The van der Waals surface area contributed by atoms with Crippen LogP contribution in [0.25, 0.3) is 21.8 Å². The number of thiazole rings is 1. The molecule has 0 unspecified atom stereocenters. The Bertz CT molecular complexity index is 717. The van der Waals surface area contributed by atoms with E-state index in [1.807, 2.05) is 35.0 Å². The molecule has 20 heavy (non-hydrogen) atoms. The smallest absolute Gasteiger partial charge is 0.316 e. The van der Waals surface area contributed by atoms with Crippen LogP contribution in [0.5, 0.6) is 0 Å². The zero-order valence-corrected chi connectivity index (χ0v) is 12.0. The van der Waals surface area contributed by atoms with E-state index in [1.54, 1.807) is 22.7 Å². The van der Waals surface area contributed by atoms with Gasteiger partial charge in [0.25, 0.3) is 0 Å². The van der Waals surface area contributed by atoms with E-state index in [-0.39, 0.29) is 0 Å². The molecule has 3 rings (SSSR count). The molecule has 0 atom stereocenters. The minimum absolute atomic E-state index is 0.564. The fourth-order valence-electron chi connectivity index (χ4n) is 1.79. The van der Waals surface area contributed by atoms with Gasteiger partial charge in [0.1, 0.15) is 5.01 Å². The van der Waals surface area contributed by atoms with Gasteiger partial charge in [0.05, 0.1) is 5.69 Å². The molecular weight excluding hydrogens is 290 g/mol. The Morgan fingerprint density at radius 2 is 1.90 bits per heavy atom. The van der Waals surface area contributed by atoms with Gasteiger partial charge in [-0.2, -0.15) is 11.3 Å². The zero-order chi connectivity index (χ0) is 13.9. The van der Waals surface area contributed by atoms with Gasteiger partial charge in [0.15, 0.2) is 0 Å². The highest BCUT2D eigenvalue weighted by atomic mass is 32.1. The molecule has 0 spiro atoms. The predicted molar refractivity (Wildman–Crippen MR) is 84.1 cm³/mol. The summed E-state index contributed by atoms with van der Waals surface area (Å²) in [6.07, 6.45) is 0. The molecule has 0 saturated heterocycles. The van der Waals surface area contributed by atoms with Crippen LogP contribution in [0.3, 0.4) is 0 Å². The van der Waals surface area contributed by atoms with Crippen molar-refractivity contribution in [3.63, 3.8) is 0 Å². The van der Waals surface area contributed by atoms with Crippen molar-refractivity contribution in [3.05, 3.63) is 46.5 Å². The standard InChI is InChI=1S/C14H11N3OS2/c15-14(18)16-11-3-1-9(2-4-11)12-8-20-13(17-12)10-5-6-19-7-10/h1-8H,(H3,15,16,18). The number of anilines is 1. The minimum Gasteiger partial charge on any atom is -0.351 e. The van der Waals surface area contributed by atoms with E-state index < -0.39 is 6.03 Å². The molecule has 1 aromatic carbocycles. The van der Waals surface area contributed by atoms with Gasteiger partial charge in [-0.3, -0.25) is 0 Å². The molecule has 3 aromatic rings. The number of primary amides is 1. The second kappa shape index (κ2) is 5.44. The Morgan fingerprint density at radius 1 is 1.10 bits per heavy atom. The summed E-state index contributed by atoms with van der Waals surface area (Å²) in [4.78, 5) is 15.4. The van der Waals surface area contributed by atoms with Crippen molar-refractivity contribution in [2.45, 2.75) is 0 Å². The molecule has 3 N–H and O–H groups in total. The first-order chi connectivity index (χ1) is 9.72. The Morgan fingerprint density at radius 3 is 2.55 bits per heavy atom. The highest BCUT2D eigenvalue weighted by Crippen LogP contribution is 2.30. The van der Waals surface area contributed by atoms with E-state index in [0.29, 0.717) is 5.69 Å². The first-order valence-corrected chi connectivity index (χ1v) is 7.69. The average molecular weight is 301 g/mol. The largest absolute Gasteiger partial charge is 0.351 e. The Hall–Kier alpha value is -2.18. The third-order valence-electron chi connectivity index (χ3n) is 2.72. The highest BCUT2D eigenvalue weighted by Gasteiger charge is 2.07. The van der Waals surface area contributed by atoms with E-state index in [4.69, 9.17) is 5.73 Å². The number of carbonyl (C=O) groups is 1. The number of nitrogens with two attached hydrogens (primary N) is 1. The third kappa shape index (κ3) is 2.71. The van der Waals surface area contributed by atoms with Gasteiger partial charge in [0.2, 0.25) is 0 Å². The van der Waals surface area contributed by atoms with Gasteiger partial charge in [-0.25, -0.2) is 9.78 Å². The van der Waals surface area contributed by atoms with Gasteiger partial charge < -0.3 is 11.1 Å². The first kappa shape index (κ1) is 12.8. The molecular formula is C14H11N3OS2. The van der Waals surface area contributed by atoms with Crippen LogP contribution in [-0.4, -0.2) is 11.0 Å². The summed E-state index contributed by atoms with van der Waals surface area (Å²) in [5.74, 6) is 0. The van der Waals surface area contributed by atoms with Crippen molar-refractivity contribution in [3.8, 4) is 21.8 Å². The number of hydrogen-bond acceptors (Lipinski definition) is 4. The van der Waals surface area contributed by atoms with Crippen LogP contribution in [-0.2, 0) is 0 Å². The molecule has 6 heteroatoms. The number of thiophene rings is 1. The van der Waals surface area contributed by atoms with Crippen LogP contribution in [0.4, 0.5) is 10.5 Å². The maximum atomic E-state index is 10.8. The summed E-state index contributed by atoms with van der Waals surface area (Å²) in [5, 5.41) is 9.71. The number of aromatic nitrogens is 1. The Labute approximate surface area is 123 Å². The lowest BCUT2D eigenvalue weighted by atomic mass is 10.1. The van der Waals surface area contributed by atoms with E-state index >= 15 is 0 Å². The fourth-order valence-corrected chi connectivity index (χ4v) is 3.33. The molecule has 2 aromatic heterocycles. The normalized spacial score (nSPS) is 10.4. The van der Waals surface area contributed by atoms with Crippen LogP contribution in [0.2, 0.25) is 0 Å². The maximum Gasteiger partial charge on any atom is 0.316 e. The zero-order valence-electron chi connectivity index (χ0n) is 10.4. The quantitative estimate of drug-likeness (QED) is 0.767. The van der Waals surface area contributed by atoms with E-state index in [1.165, 1.54) is 0 Å². The van der Waals surface area contributed by atoms with Crippen LogP contribution >= 0.6 is 22.7 Å². The van der Waals surface area contributed by atoms with Crippen LogP contribution in [0.15, 0.2) is 46.5 Å². The average Bonchev–Trinajstić information content (AvgIpc) is 3.10. The van der Waals surface area contributed by atoms with Crippen molar-refractivity contribution in [2.24, 2.45) is 5.73 Å². The SMILES string of the molecule is NC(=O)Nc1ccc(-c2csc(-c3ccsc3)n2)cc1. The van der Waals surface area contributed by atoms with Gasteiger partial charge >= 0.3 is 6.03 Å². The topological polar surface area (TPSA) is 68.0 Å². The lowest BCUT2D eigenvalue weighted by molar-refractivity contribution is 0.259. The summed E-state index contributed by atoms with van der Waals surface area (Å²) >= 11 is 3.28. The van der Waals surface area contributed by atoms with E-state index in [0.717, 1.165) is 21.8 Å². The van der Waals surface area contributed by atoms with Crippen molar-refractivity contribution in [1.82, 2.24) is 4.98 Å². The van der Waals surface area contributed by atoms with E-state index in [2.05, 4.69) is 21.7 Å². The summed E-state index contributed by atoms with van der Waals surface area (Å²) in [6, 6.07) is 8.95. The molecule has 0 bridgehead atoms. The third-order valence-corrected chi connectivity index (χ3v) is 4.30. The molecule has 0 radical (unpaired) electrons. The lowest BCUT2D eigenvalue weighted by Crippen LogP contribution is -2.19. The van der Waals surface area contributed by atoms with Crippen LogP contribution in [0, 0.1) is 0 Å². The molecule has 0 aliphatic carbocycles. The monoisotopic (exact) mass is 301 g/mol. The van der Waals surface area contributed by atoms with Crippen molar-refractivity contribution in [2.75, 3.05) is 5.32 Å². The van der Waals surface area contributed by atoms with Crippen molar-refractivity contribution >= 4 is 34.4 Å². The Kier molecular flexibility index (Phi) is 3.49. The van der Waals surface area contributed by atoms with Crippen molar-refractivity contribution in [1.29, 1.82) is 0 Å². The molecule has 0 aliphatic rings. The Balaban J connectivity index is 1.84. The number of rotatable bonds is 3. The molecule has 2 amide bonds. The number of carbonyl (C=O) groups excluding carboxylic acids is 1. The van der Waals surface area contributed by atoms with Gasteiger partial charge in [0, 0.05) is 27.6 Å². The van der Waals surface area contributed by atoms with Crippen LogP contribution in [0.1, 0.15) is 0 Å². The van der Waals surface area contributed by atoms with Gasteiger partial charge in [-0.15, -0.1) is 11.3 Å². The predicted octanol–water partition coefficient (Wildman–Crippen LogP) is 4.03. The molecule has 0 fully saturated rings. The lowest BCUT2D eigenvalue weighted by Gasteiger charge is -2.02. The highest BCUT2D eigenvalue weighted by molar-refractivity contribution is 7.14. The van der Waals surface area contributed by atoms with Crippen molar-refractivity contribution < 1.29 is 4.79 Å². The first-order valence-electron chi connectivity index (χ1n) is 5.87. The molecule has 100 valence electrons. The molecule has 0 aliphatic heterocycles. The molecule has 4 nitrogen and oxygen atoms in total. The summed E-state index contributed by atoms with van der Waals surface area (Å²) in [7, 11) is 0. The second-order valence-corrected chi connectivity index (χ2v) is 5.75. The summed E-state index contributed by atoms with van der Waals surface area (Å²) < 4.78 is 0. The van der Waals surface area contributed by atoms with Gasteiger partial charge in [-0.1, -0.05) is 12.1 Å². The minimum atomic E-state index is -0.564. The number of urea groups is 1. The summed E-state index contributed by atoms with van der Waals surface area (Å²) in [6.45, 7) is 0. The molecule has 0 saturated carbocycles. The number of nitrogens with one attached hydrogen (secondary N) is 1. The number of benzene rings is 1. The number of amides is 2. The summed E-state index contributed by atoms with van der Waals surface area (Å²) in [5.41, 5.74) is 8.84. The fraction of sp³-hybridized carbons (Fsp3) is 0. The molecule has 2 heterocycles. The number of nitrogens with zero attached hydrogens (tertiary/aromatic N) is 1. The number of hydrogen-bond donors (Lipinski definition) is 2.